The molecule has 0 bridgehead atoms. The molecule has 2 saturated heterocycles. The Kier molecular flexibility index (Phi) is 5.02. The molecule has 4 aliphatic carbocycles. The highest BCUT2D eigenvalue weighted by molar-refractivity contribution is 5.68. The largest absolute Gasteiger partial charge is 0.411 e. The van der Waals surface area contributed by atoms with E-state index >= 15 is 0 Å². The highest BCUT2D eigenvalue weighted by Crippen LogP contribution is 2.69. The van der Waals surface area contributed by atoms with Crippen molar-refractivity contribution >= 4 is 6.21 Å². The summed E-state index contributed by atoms with van der Waals surface area (Å²) in [7, 11) is 0. The van der Waals surface area contributed by atoms with Crippen molar-refractivity contribution in [3.05, 3.63) is 0 Å². The van der Waals surface area contributed by atoms with Crippen LogP contribution in [0.3, 0.4) is 0 Å². The van der Waals surface area contributed by atoms with Gasteiger partial charge in [0.15, 0.2) is 11.6 Å². The van der Waals surface area contributed by atoms with Gasteiger partial charge in [0, 0.05) is 24.2 Å². The van der Waals surface area contributed by atoms with E-state index in [1.54, 1.807) is 6.21 Å². The van der Waals surface area contributed by atoms with Gasteiger partial charge in [-0.05, 0) is 74.5 Å². The highest BCUT2D eigenvalue weighted by atomic mass is 16.7. The molecule has 6 aliphatic rings. The Labute approximate surface area is 190 Å². The molecule has 0 radical (unpaired) electrons. The van der Waals surface area contributed by atoms with Gasteiger partial charge in [0.25, 0.3) is 0 Å². The van der Waals surface area contributed by atoms with Crippen molar-refractivity contribution in [3.63, 3.8) is 0 Å². The molecule has 0 aromatic rings. The second-order valence-corrected chi connectivity index (χ2v) is 11.9. The first-order valence-corrected chi connectivity index (χ1v) is 12.8. The number of oxime groups is 1. The Morgan fingerprint density at radius 2 is 1.59 bits per heavy atom. The van der Waals surface area contributed by atoms with Crippen molar-refractivity contribution in [1.82, 2.24) is 0 Å². The second-order valence-electron chi connectivity index (χ2n) is 11.9. The van der Waals surface area contributed by atoms with Crippen LogP contribution in [0.4, 0.5) is 0 Å². The van der Waals surface area contributed by atoms with E-state index < -0.39 is 11.9 Å². The third-order valence-electron chi connectivity index (χ3n) is 10.8. The molecule has 0 unspecified atom stereocenters. The van der Waals surface area contributed by atoms with Crippen molar-refractivity contribution in [2.45, 2.75) is 82.9 Å². The van der Waals surface area contributed by atoms with Crippen molar-refractivity contribution in [3.8, 4) is 0 Å². The zero-order valence-corrected chi connectivity index (χ0v) is 19.5. The fraction of sp³-hybridized carbons (Fsp3) is 0.960. The average molecular weight is 450 g/mol. The van der Waals surface area contributed by atoms with Gasteiger partial charge >= 0.3 is 0 Å². The number of rotatable bonds is 2. The minimum atomic E-state index is -0.669. The minimum Gasteiger partial charge on any atom is -0.411 e. The molecule has 4 saturated carbocycles. The lowest BCUT2D eigenvalue weighted by atomic mass is 9.43. The predicted octanol–water partition coefficient (Wildman–Crippen LogP) is 3.56. The fourth-order valence-electron chi connectivity index (χ4n) is 9.61. The molecule has 8 atom stereocenters. The summed E-state index contributed by atoms with van der Waals surface area (Å²) in [5.41, 5.74) is -0.293. The minimum absolute atomic E-state index is 0.0910. The smallest absolute Gasteiger partial charge is 0.169 e. The number of hydrogen-bond acceptors (Lipinski definition) is 7. The van der Waals surface area contributed by atoms with Crippen LogP contribution in [0.15, 0.2) is 5.16 Å². The summed E-state index contributed by atoms with van der Waals surface area (Å²) in [5, 5.41) is 25.1. The van der Waals surface area contributed by atoms with Gasteiger partial charge in [0.05, 0.1) is 38.7 Å². The summed E-state index contributed by atoms with van der Waals surface area (Å²) in [6, 6.07) is 0. The molecule has 2 heterocycles. The van der Waals surface area contributed by atoms with Crippen LogP contribution in [-0.2, 0) is 18.9 Å². The van der Waals surface area contributed by atoms with Crippen LogP contribution in [0, 0.1) is 40.4 Å². The molecule has 2 aliphatic heterocycles. The molecule has 6 rings (SSSR count). The molecule has 7 heteroatoms. The molecule has 7 nitrogen and oxygen atoms in total. The molecular formula is C25H39NO6. The van der Waals surface area contributed by atoms with Crippen molar-refractivity contribution < 1.29 is 29.3 Å². The lowest BCUT2D eigenvalue weighted by Crippen LogP contribution is -2.62. The van der Waals surface area contributed by atoms with Crippen LogP contribution < -0.4 is 0 Å². The normalized spacial score (nSPS) is 51.6. The second kappa shape index (κ2) is 7.38. The van der Waals surface area contributed by atoms with Gasteiger partial charge in [-0.2, -0.15) is 0 Å². The van der Waals surface area contributed by atoms with Gasteiger partial charge in [-0.1, -0.05) is 6.92 Å². The molecule has 1 spiro atoms. The van der Waals surface area contributed by atoms with E-state index in [9.17, 15) is 10.3 Å². The molecule has 180 valence electrons. The first-order chi connectivity index (χ1) is 15.4. The van der Waals surface area contributed by atoms with Gasteiger partial charge in [0.1, 0.15) is 0 Å². The number of aliphatic hydroxyl groups excluding tert-OH is 1. The lowest BCUT2D eigenvalue weighted by Gasteiger charge is -2.63. The van der Waals surface area contributed by atoms with Crippen molar-refractivity contribution in [1.29, 1.82) is 0 Å². The standard InChI is InChI=1S/C25H39NO6/c1-22-7-8-25(31-11-12-32-25)13-16(22)3-4-17-18-5-6-20(23(2)29-9-10-30-23)24(18,15-26-28)14-19(27)21(17)22/h15-21,27-28H,3-14H2,1-2H3/b26-15-/t16-,17+,18-,19+,20+,21+,22+,24-/m1/s1. The van der Waals surface area contributed by atoms with E-state index in [0.29, 0.717) is 50.6 Å². The zero-order valence-electron chi connectivity index (χ0n) is 19.5. The van der Waals surface area contributed by atoms with E-state index in [4.69, 9.17) is 18.9 Å². The summed E-state index contributed by atoms with van der Waals surface area (Å²) in [6.07, 6.45) is 9.17. The van der Waals surface area contributed by atoms with Gasteiger partial charge in [-0.3, -0.25) is 0 Å². The van der Waals surface area contributed by atoms with Crippen LogP contribution in [0.25, 0.3) is 0 Å². The van der Waals surface area contributed by atoms with E-state index in [1.165, 1.54) is 0 Å². The Balaban J connectivity index is 1.33. The number of nitrogens with zero attached hydrogens (tertiary/aromatic N) is 1. The number of hydrogen-bond donors (Lipinski definition) is 2. The van der Waals surface area contributed by atoms with Gasteiger partial charge in [-0.25, -0.2) is 0 Å². The van der Waals surface area contributed by atoms with Crippen molar-refractivity contribution in [2.24, 2.45) is 45.6 Å². The van der Waals surface area contributed by atoms with E-state index in [2.05, 4.69) is 12.1 Å². The van der Waals surface area contributed by atoms with E-state index in [0.717, 1.165) is 44.9 Å². The summed E-state index contributed by atoms with van der Waals surface area (Å²) >= 11 is 0. The third kappa shape index (κ3) is 2.87. The number of aliphatic hydroxyl groups is 1. The molecule has 32 heavy (non-hydrogen) atoms. The van der Waals surface area contributed by atoms with Crippen LogP contribution >= 0.6 is 0 Å². The molecule has 2 N–H and O–H groups in total. The lowest BCUT2D eigenvalue weighted by molar-refractivity contribution is -0.247. The maximum atomic E-state index is 11.8. The molecular weight excluding hydrogens is 410 g/mol. The Hall–Kier alpha value is -0.730. The van der Waals surface area contributed by atoms with E-state index in [-0.39, 0.29) is 28.5 Å². The topological polar surface area (TPSA) is 89.7 Å². The quantitative estimate of drug-likeness (QED) is 0.381. The summed E-state index contributed by atoms with van der Waals surface area (Å²) < 4.78 is 24.4. The maximum absolute atomic E-state index is 11.8. The van der Waals surface area contributed by atoms with Crippen LogP contribution in [0.2, 0.25) is 0 Å². The molecule has 6 fully saturated rings. The summed E-state index contributed by atoms with van der Waals surface area (Å²) in [6.45, 7) is 7.07. The number of ether oxygens (including phenoxy) is 4. The summed E-state index contributed by atoms with van der Waals surface area (Å²) in [5.74, 6) is 0.630. The van der Waals surface area contributed by atoms with Gasteiger partial charge in [0.2, 0.25) is 0 Å². The van der Waals surface area contributed by atoms with Gasteiger partial charge in [-0.15, -0.1) is 5.16 Å². The number of fused-ring (bicyclic) bond motifs is 5. The van der Waals surface area contributed by atoms with Crippen molar-refractivity contribution in [2.75, 3.05) is 26.4 Å². The molecule has 0 aromatic carbocycles. The predicted molar refractivity (Wildman–Crippen MR) is 116 cm³/mol. The highest BCUT2D eigenvalue weighted by Gasteiger charge is 2.68. The maximum Gasteiger partial charge on any atom is 0.169 e. The van der Waals surface area contributed by atoms with Crippen LogP contribution in [-0.4, -0.2) is 60.6 Å². The SMILES string of the molecule is CC1([C@@H]2CC[C@@H]3[C@@H]4CC[C@@H]5CC6(CC[C@]5(C)[C@@H]4[C@@H](O)C[C@@]32/C=N\O)OCCO6)OCCO1. The molecule has 0 amide bonds. The fourth-order valence-corrected chi connectivity index (χ4v) is 9.61. The monoisotopic (exact) mass is 449 g/mol. The Morgan fingerprint density at radius 3 is 2.31 bits per heavy atom. The molecule has 0 aromatic heterocycles. The first-order valence-electron chi connectivity index (χ1n) is 12.8. The Bertz CT molecular complexity index is 762. The zero-order chi connectivity index (χ0) is 22.2. The van der Waals surface area contributed by atoms with E-state index in [1.807, 2.05) is 6.92 Å². The Morgan fingerprint density at radius 1 is 0.875 bits per heavy atom. The van der Waals surface area contributed by atoms with Crippen LogP contribution in [0.1, 0.15) is 65.2 Å². The average Bonchev–Trinajstić information content (AvgIpc) is 3.48. The third-order valence-corrected chi connectivity index (χ3v) is 10.8. The first kappa shape index (κ1) is 21.8. The van der Waals surface area contributed by atoms with Crippen LogP contribution in [0.5, 0.6) is 0 Å². The van der Waals surface area contributed by atoms with Gasteiger partial charge < -0.3 is 29.3 Å². The summed E-state index contributed by atoms with van der Waals surface area (Å²) in [4.78, 5) is 0.